The van der Waals surface area contributed by atoms with Crippen molar-refractivity contribution in [1.82, 2.24) is 4.68 Å². The largest absolute Gasteiger partial charge is 0.380 e. The maximum absolute atomic E-state index is 5.27. The van der Waals surface area contributed by atoms with Crippen LogP contribution in [0, 0.1) is 0 Å². The van der Waals surface area contributed by atoms with Gasteiger partial charge in [0.1, 0.15) is 0 Å². The summed E-state index contributed by atoms with van der Waals surface area (Å²) >= 11 is 0. The first kappa shape index (κ1) is 9.13. The number of rotatable bonds is 5. The van der Waals surface area contributed by atoms with E-state index in [1.54, 1.807) is 0 Å². The van der Waals surface area contributed by atoms with Crippen molar-refractivity contribution in [3.8, 4) is 0 Å². The van der Waals surface area contributed by atoms with Crippen molar-refractivity contribution in [1.29, 1.82) is 0 Å². The Kier molecular flexibility index (Phi) is 3.67. The Morgan fingerprint density at radius 1 is 1.42 bits per heavy atom. The molecule has 0 amide bonds. The maximum Gasteiger partial charge on any atom is 0.0680 e. The zero-order valence-corrected chi connectivity index (χ0v) is 7.66. The zero-order valence-electron chi connectivity index (χ0n) is 7.66. The van der Waals surface area contributed by atoms with Gasteiger partial charge in [0, 0.05) is 19.0 Å². The molecule has 0 aliphatic heterocycles. The van der Waals surface area contributed by atoms with Gasteiger partial charge < -0.3 is 10.2 Å². The Balaban J connectivity index is 2.22. The molecule has 1 rings (SSSR count). The number of nitrogens with one attached hydrogen (secondary N) is 1. The average Bonchev–Trinajstić information content (AvgIpc) is 2.53. The molecule has 1 N–H and O–H groups in total. The summed E-state index contributed by atoms with van der Waals surface area (Å²) in [5.74, 6) is 0. The summed E-state index contributed by atoms with van der Waals surface area (Å²) < 4.78 is 7.20. The van der Waals surface area contributed by atoms with Crippen LogP contribution >= 0.6 is 0 Å². The maximum atomic E-state index is 5.27. The highest BCUT2D eigenvalue weighted by molar-refractivity contribution is 4.94. The van der Waals surface area contributed by atoms with Crippen LogP contribution in [0.5, 0.6) is 0 Å². The second kappa shape index (κ2) is 4.83. The molecule has 0 aliphatic carbocycles. The van der Waals surface area contributed by atoms with E-state index in [4.69, 9.17) is 4.74 Å². The van der Waals surface area contributed by atoms with Gasteiger partial charge in [0.05, 0.1) is 12.6 Å². The fourth-order valence-electron chi connectivity index (χ4n) is 1.01. The second-order valence-electron chi connectivity index (χ2n) is 2.78. The third-order valence-corrected chi connectivity index (χ3v) is 1.55. The minimum atomic E-state index is 0.345. The summed E-state index contributed by atoms with van der Waals surface area (Å²) in [4.78, 5) is 0. The predicted octanol–water partition coefficient (Wildman–Crippen LogP) is 1.46. The predicted molar refractivity (Wildman–Crippen MR) is 49.7 cm³/mol. The summed E-state index contributed by atoms with van der Waals surface area (Å²) in [6.07, 6.45) is 3.95. The van der Waals surface area contributed by atoms with E-state index in [1.807, 2.05) is 36.1 Å². The molecule has 0 bridgehead atoms. The van der Waals surface area contributed by atoms with Gasteiger partial charge in [0.2, 0.25) is 0 Å². The van der Waals surface area contributed by atoms with Crippen molar-refractivity contribution in [3.05, 3.63) is 24.5 Å². The van der Waals surface area contributed by atoms with Crippen LogP contribution in [-0.4, -0.2) is 23.9 Å². The van der Waals surface area contributed by atoms with Crippen LogP contribution in [0.2, 0.25) is 0 Å². The minimum Gasteiger partial charge on any atom is -0.380 e. The molecule has 1 atom stereocenters. The first-order valence-corrected chi connectivity index (χ1v) is 4.30. The third kappa shape index (κ3) is 2.96. The molecule has 0 fully saturated rings. The van der Waals surface area contributed by atoms with E-state index in [1.165, 1.54) is 0 Å². The van der Waals surface area contributed by atoms with Crippen molar-refractivity contribution in [2.75, 3.05) is 18.6 Å². The first-order chi connectivity index (χ1) is 5.83. The Labute approximate surface area is 73.3 Å². The highest BCUT2D eigenvalue weighted by atomic mass is 16.5. The normalized spacial score (nSPS) is 12.8. The van der Waals surface area contributed by atoms with E-state index in [-0.39, 0.29) is 0 Å². The number of aromatic nitrogens is 1. The van der Waals surface area contributed by atoms with Crippen LogP contribution in [0.15, 0.2) is 24.5 Å². The number of hydrogen-bond donors (Lipinski definition) is 1. The smallest absolute Gasteiger partial charge is 0.0680 e. The molecule has 0 radical (unpaired) electrons. The van der Waals surface area contributed by atoms with E-state index < -0.39 is 0 Å². The van der Waals surface area contributed by atoms with E-state index >= 15 is 0 Å². The van der Waals surface area contributed by atoms with Crippen LogP contribution in [0.4, 0.5) is 0 Å². The molecule has 0 aliphatic rings. The summed E-state index contributed by atoms with van der Waals surface area (Å²) in [5, 5.41) is 0. The lowest BCUT2D eigenvalue weighted by molar-refractivity contribution is 0.138. The fraction of sp³-hybridized carbons (Fsp3) is 0.556. The van der Waals surface area contributed by atoms with Crippen LogP contribution in [0.1, 0.15) is 13.8 Å². The van der Waals surface area contributed by atoms with Crippen LogP contribution in [0.25, 0.3) is 0 Å². The van der Waals surface area contributed by atoms with Gasteiger partial charge in [-0.05, 0) is 26.0 Å². The molecule has 0 saturated heterocycles. The highest BCUT2D eigenvalue weighted by Gasteiger charge is 1.98. The molecule has 1 heterocycles. The van der Waals surface area contributed by atoms with Crippen molar-refractivity contribution in [2.45, 2.75) is 19.9 Å². The molecule has 1 unspecified atom stereocenters. The summed E-state index contributed by atoms with van der Waals surface area (Å²) in [6, 6.07) is 4.32. The molecule has 3 nitrogen and oxygen atoms in total. The first-order valence-electron chi connectivity index (χ1n) is 4.30. The molecule has 3 heteroatoms. The molecule has 0 saturated carbocycles. The lowest BCUT2D eigenvalue weighted by Gasteiger charge is -2.15. The highest BCUT2D eigenvalue weighted by Crippen LogP contribution is 1.90. The standard InChI is InChI=1S/C9H16N2O/c1-3-12-8-9(2)10-11-6-4-5-7-11/h4-7,9-10H,3,8H2,1-2H3. The Morgan fingerprint density at radius 3 is 2.67 bits per heavy atom. The SMILES string of the molecule is CCOCC(C)Nn1cccc1. The van der Waals surface area contributed by atoms with Gasteiger partial charge in [0.25, 0.3) is 0 Å². The molecular formula is C9H16N2O. The molecule has 1 aromatic rings. The third-order valence-electron chi connectivity index (χ3n) is 1.55. The number of hydrogen-bond acceptors (Lipinski definition) is 2. The van der Waals surface area contributed by atoms with Crippen LogP contribution in [-0.2, 0) is 4.74 Å². The summed E-state index contributed by atoms with van der Waals surface area (Å²) in [7, 11) is 0. The van der Waals surface area contributed by atoms with Gasteiger partial charge in [-0.3, -0.25) is 4.68 Å². The van der Waals surface area contributed by atoms with Crippen LogP contribution < -0.4 is 5.43 Å². The molecule has 12 heavy (non-hydrogen) atoms. The lowest BCUT2D eigenvalue weighted by Crippen LogP contribution is -2.28. The Hall–Kier alpha value is -0.960. The van der Waals surface area contributed by atoms with Gasteiger partial charge in [-0.1, -0.05) is 0 Å². The van der Waals surface area contributed by atoms with E-state index in [0.717, 1.165) is 13.2 Å². The molecule has 1 aromatic heterocycles. The van der Waals surface area contributed by atoms with Crippen LogP contribution in [0.3, 0.4) is 0 Å². The van der Waals surface area contributed by atoms with E-state index in [9.17, 15) is 0 Å². The molecule has 68 valence electrons. The Morgan fingerprint density at radius 2 is 2.08 bits per heavy atom. The van der Waals surface area contributed by atoms with Crippen molar-refractivity contribution < 1.29 is 4.74 Å². The zero-order chi connectivity index (χ0) is 8.81. The van der Waals surface area contributed by atoms with Gasteiger partial charge in [-0.25, -0.2) is 0 Å². The summed E-state index contributed by atoms with van der Waals surface area (Å²) in [5.41, 5.74) is 3.25. The lowest BCUT2D eigenvalue weighted by atomic mass is 10.4. The quantitative estimate of drug-likeness (QED) is 0.720. The topological polar surface area (TPSA) is 26.2 Å². The molecular weight excluding hydrogens is 152 g/mol. The van der Waals surface area contributed by atoms with Crippen molar-refractivity contribution in [2.24, 2.45) is 0 Å². The molecule has 0 aromatic carbocycles. The second-order valence-corrected chi connectivity index (χ2v) is 2.78. The fourth-order valence-corrected chi connectivity index (χ4v) is 1.01. The Bertz CT molecular complexity index is 196. The van der Waals surface area contributed by atoms with Gasteiger partial charge in [-0.15, -0.1) is 0 Å². The van der Waals surface area contributed by atoms with E-state index in [0.29, 0.717) is 6.04 Å². The van der Waals surface area contributed by atoms with Crippen molar-refractivity contribution >= 4 is 0 Å². The number of ether oxygens (including phenoxy) is 1. The number of nitrogens with zero attached hydrogens (tertiary/aromatic N) is 1. The minimum absolute atomic E-state index is 0.345. The summed E-state index contributed by atoms with van der Waals surface area (Å²) in [6.45, 7) is 5.62. The van der Waals surface area contributed by atoms with Gasteiger partial charge in [-0.2, -0.15) is 0 Å². The van der Waals surface area contributed by atoms with Crippen molar-refractivity contribution in [3.63, 3.8) is 0 Å². The van der Waals surface area contributed by atoms with E-state index in [2.05, 4.69) is 12.3 Å². The average molecular weight is 168 g/mol. The van der Waals surface area contributed by atoms with Gasteiger partial charge in [0.15, 0.2) is 0 Å². The van der Waals surface area contributed by atoms with Gasteiger partial charge >= 0.3 is 0 Å². The molecule has 0 spiro atoms. The monoisotopic (exact) mass is 168 g/mol.